The summed E-state index contributed by atoms with van der Waals surface area (Å²) in [5.74, 6) is 0.457. The minimum absolute atomic E-state index is 0.146. The van der Waals surface area contributed by atoms with Gasteiger partial charge in [-0.1, -0.05) is 33.3 Å². The zero-order valence-electron chi connectivity index (χ0n) is 8.68. The van der Waals surface area contributed by atoms with Gasteiger partial charge in [-0.15, -0.1) is 0 Å². The van der Waals surface area contributed by atoms with Crippen LogP contribution in [0.3, 0.4) is 0 Å². The van der Waals surface area contributed by atoms with E-state index in [1.165, 1.54) is 0 Å². The molecule has 70 valence electrons. The number of Topliss-reactive ketones (excluding diaryl/α,β-unsaturated/α-hetero) is 1. The fraction of sp³-hybridized carbons (Fsp3) is 0.727. The van der Waals surface area contributed by atoms with Crippen LogP contribution in [0, 0.1) is 5.92 Å². The molecule has 0 rings (SSSR count). The van der Waals surface area contributed by atoms with E-state index in [1.54, 1.807) is 0 Å². The SMILES string of the molecule is C/C=C(/CCCC)C(=O)C(C)C. The number of hydrogen-bond acceptors (Lipinski definition) is 1. The summed E-state index contributed by atoms with van der Waals surface area (Å²) in [4.78, 5) is 11.5. The number of rotatable bonds is 5. The first-order valence-electron chi connectivity index (χ1n) is 4.82. The van der Waals surface area contributed by atoms with E-state index < -0.39 is 0 Å². The third-order valence-electron chi connectivity index (χ3n) is 1.99. The maximum Gasteiger partial charge on any atom is 0.161 e. The highest BCUT2D eigenvalue weighted by atomic mass is 16.1. The van der Waals surface area contributed by atoms with Crippen LogP contribution in [0.2, 0.25) is 0 Å². The van der Waals surface area contributed by atoms with Crippen molar-refractivity contribution in [3.63, 3.8) is 0 Å². The van der Waals surface area contributed by atoms with Crippen LogP contribution in [-0.4, -0.2) is 5.78 Å². The van der Waals surface area contributed by atoms with Gasteiger partial charge in [-0.05, 0) is 25.3 Å². The second kappa shape index (κ2) is 5.99. The van der Waals surface area contributed by atoms with E-state index in [-0.39, 0.29) is 5.92 Å². The summed E-state index contributed by atoms with van der Waals surface area (Å²) in [6, 6.07) is 0. The van der Waals surface area contributed by atoms with Crippen LogP contribution in [0.5, 0.6) is 0 Å². The van der Waals surface area contributed by atoms with Gasteiger partial charge in [-0.2, -0.15) is 0 Å². The number of allylic oxidation sites excluding steroid dienone is 2. The van der Waals surface area contributed by atoms with Crippen molar-refractivity contribution < 1.29 is 4.79 Å². The molecule has 0 aliphatic heterocycles. The predicted molar refractivity (Wildman–Crippen MR) is 53.1 cm³/mol. The molecule has 0 N–H and O–H groups in total. The molecule has 12 heavy (non-hydrogen) atoms. The zero-order valence-corrected chi connectivity index (χ0v) is 8.68. The van der Waals surface area contributed by atoms with E-state index >= 15 is 0 Å². The lowest BCUT2D eigenvalue weighted by Crippen LogP contribution is -2.10. The van der Waals surface area contributed by atoms with Crippen LogP contribution in [0.1, 0.15) is 47.0 Å². The van der Waals surface area contributed by atoms with Crippen molar-refractivity contribution in [1.29, 1.82) is 0 Å². The molecule has 1 heteroatoms. The van der Waals surface area contributed by atoms with Gasteiger partial charge in [0.25, 0.3) is 0 Å². The van der Waals surface area contributed by atoms with E-state index in [9.17, 15) is 4.79 Å². The quantitative estimate of drug-likeness (QED) is 0.575. The third kappa shape index (κ3) is 3.70. The maximum atomic E-state index is 11.5. The Morgan fingerprint density at radius 3 is 2.33 bits per heavy atom. The Morgan fingerprint density at radius 1 is 1.42 bits per heavy atom. The maximum absolute atomic E-state index is 11.5. The van der Waals surface area contributed by atoms with Gasteiger partial charge in [0.1, 0.15) is 0 Å². The summed E-state index contributed by atoms with van der Waals surface area (Å²) >= 11 is 0. The van der Waals surface area contributed by atoms with Crippen molar-refractivity contribution in [2.24, 2.45) is 5.92 Å². The van der Waals surface area contributed by atoms with Gasteiger partial charge in [-0.3, -0.25) is 4.79 Å². The molecule has 0 aliphatic carbocycles. The summed E-state index contributed by atoms with van der Waals surface area (Å²) in [6.07, 6.45) is 5.18. The summed E-state index contributed by atoms with van der Waals surface area (Å²) in [6.45, 7) is 8.01. The molecule has 0 heterocycles. The van der Waals surface area contributed by atoms with E-state index in [0.29, 0.717) is 5.78 Å². The number of unbranched alkanes of at least 4 members (excludes halogenated alkanes) is 1. The van der Waals surface area contributed by atoms with Crippen molar-refractivity contribution in [3.8, 4) is 0 Å². The average Bonchev–Trinajstić information content (AvgIpc) is 2.05. The Morgan fingerprint density at radius 2 is 2.00 bits per heavy atom. The van der Waals surface area contributed by atoms with Gasteiger partial charge in [0.05, 0.1) is 0 Å². The monoisotopic (exact) mass is 168 g/mol. The van der Waals surface area contributed by atoms with Gasteiger partial charge in [-0.25, -0.2) is 0 Å². The highest BCUT2D eigenvalue weighted by Crippen LogP contribution is 2.12. The lowest BCUT2D eigenvalue weighted by Gasteiger charge is -2.07. The van der Waals surface area contributed by atoms with Crippen molar-refractivity contribution in [1.82, 2.24) is 0 Å². The summed E-state index contributed by atoms with van der Waals surface area (Å²) in [5, 5.41) is 0. The van der Waals surface area contributed by atoms with E-state index in [1.807, 2.05) is 26.8 Å². The summed E-state index contributed by atoms with van der Waals surface area (Å²) in [7, 11) is 0. The van der Waals surface area contributed by atoms with Crippen molar-refractivity contribution in [2.75, 3.05) is 0 Å². The molecule has 1 nitrogen and oxygen atoms in total. The zero-order chi connectivity index (χ0) is 9.56. The largest absolute Gasteiger partial charge is 0.294 e. The van der Waals surface area contributed by atoms with Crippen LogP contribution in [-0.2, 0) is 4.79 Å². The minimum atomic E-state index is 0.146. The molecule has 0 bridgehead atoms. The lowest BCUT2D eigenvalue weighted by atomic mass is 9.97. The van der Waals surface area contributed by atoms with Crippen LogP contribution in [0.25, 0.3) is 0 Å². The molecule has 0 aromatic rings. The Labute approximate surface area is 75.9 Å². The van der Waals surface area contributed by atoms with Crippen LogP contribution < -0.4 is 0 Å². The molecule has 0 saturated carbocycles. The van der Waals surface area contributed by atoms with Crippen LogP contribution in [0.15, 0.2) is 11.6 Å². The summed E-state index contributed by atoms with van der Waals surface area (Å²) in [5.41, 5.74) is 1.01. The van der Waals surface area contributed by atoms with Gasteiger partial charge < -0.3 is 0 Å². The molecule has 0 aliphatic rings. The second-order valence-corrected chi connectivity index (χ2v) is 3.44. The first-order valence-corrected chi connectivity index (χ1v) is 4.82. The molecule has 0 fully saturated rings. The van der Waals surface area contributed by atoms with Crippen LogP contribution >= 0.6 is 0 Å². The first kappa shape index (κ1) is 11.4. The Balaban J connectivity index is 4.08. The molecule has 0 unspecified atom stereocenters. The predicted octanol–water partition coefficient (Wildman–Crippen LogP) is 3.35. The first-order chi connectivity index (χ1) is 5.63. The Bertz CT molecular complexity index is 166. The fourth-order valence-corrected chi connectivity index (χ4v) is 1.15. The summed E-state index contributed by atoms with van der Waals surface area (Å²) < 4.78 is 0. The minimum Gasteiger partial charge on any atom is -0.294 e. The highest BCUT2D eigenvalue weighted by molar-refractivity contribution is 5.96. The molecular weight excluding hydrogens is 148 g/mol. The topological polar surface area (TPSA) is 17.1 Å². The van der Waals surface area contributed by atoms with E-state index in [4.69, 9.17) is 0 Å². The average molecular weight is 168 g/mol. The molecule has 0 spiro atoms. The van der Waals surface area contributed by atoms with Gasteiger partial charge in [0, 0.05) is 5.92 Å². The van der Waals surface area contributed by atoms with E-state index in [2.05, 4.69) is 6.92 Å². The number of hydrogen-bond donors (Lipinski definition) is 0. The normalized spacial score (nSPS) is 12.2. The van der Waals surface area contributed by atoms with Crippen molar-refractivity contribution in [2.45, 2.75) is 47.0 Å². The molecule has 0 radical (unpaired) electrons. The number of carbonyl (C=O) groups is 1. The van der Waals surface area contributed by atoms with Crippen molar-refractivity contribution >= 4 is 5.78 Å². The lowest BCUT2D eigenvalue weighted by molar-refractivity contribution is -0.118. The molecule has 0 atom stereocenters. The standard InChI is InChI=1S/C11H20O/c1-5-7-8-10(6-2)11(12)9(3)4/h6,9H,5,7-8H2,1-4H3/b10-6-. The molecule has 0 saturated heterocycles. The highest BCUT2D eigenvalue weighted by Gasteiger charge is 2.11. The van der Waals surface area contributed by atoms with Gasteiger partial charge in [0.2, 0.25) is 0 Å². The Hall–Kier alpha value is -0.590. The second-order valence-electron chi connectivity index (χ2n) is 3.44. The van der Waals surface area contributed by atoms with E-state index in [0.717, 1.165) is 24.8 Å². The van der Waals surface area contributed by atoms with Gasteiger partial charge in [0.15, 0.2) is 5.78 Å². The molecular formula is C11H20O. The fourth-order valence-electron chi connectivity index (χ4n) is 1.15. The Kier molecular flexibility index (Phi) is 5.69. The van der Waals surface area contributed by atoms with Crippen LogP contribution in [0.4, 0.5) is 0 Å². The third-order valence-corrected chi connectivity index (χ3v) is 1.99. The van der Waals surface area contributed by atoms with Crippen molar-refractivity contribution in [3.05, 3.63) is 11.6 Å². The smallest absolute Gasteiger partial charge is 0.161 e. The van der Waals surface area contributed by atoms with Gasteiger partial charge >= 0.3 is 0 Å². The molecule has 0 aromatic carbocycles. The molecule has 0 amide bonds. The number of ketones is 1. The number of carbonyl (C=O) groups excluding carboxylic acids is 1. The molecule has 0 aromatic heterocycles.